The Morgan fingerprint density at radius 2 is 0.513 bits per heavy atom. The van der Waals surface area contributed by atoms with Gasteiger partial charge in [0.05, 0.1) is 0 Å². The van der Waals surface area contributed by atoms with Gasteiger partial charge in [-0.3, -0.25) is 14.4 Å². The molecule has 0 radical (unpaired) electrons. The Morgan fingerprint density at radius 1 is 0.276 bits per heavy atom. The van der Waals surface area contributed by atoms with Gasteiger partial charge in [-0.2, -0.15) is 0 Å². The zero-order chi connectivity index (χ0) is 55.0. The van der Waals surface area contributed by atoms with Crippen LogP contribution >= 0.6 is 0 Å². The first-order chi connectivity index (χ1) is 37.5. The molecule has 0 aromatic carbocycles. The first kappa shape index (κ1) is 73.1. The second kappa shape index (κ2) is 64.6. The molecule has 0 aliphatic heterocycles. The third kappa shape index (κ3) is 62.0. The monoisotopic (exact) mass is 1060 g/mol. The zero-order valence-electron chi connectivity index (χ0n) is 50.8. The SMILES string of the molecule is CC/C=C\C/C=C\C/C=C\C/C=C\CCCCCCCCCCCCCCCCCCCCCCCCC(=O)OCC(COC(=O)CCCCCCCC)OC(=O)CCCCCCCCC/C=C\CCCCCCCC. The number of carbonyl (C=O) groups excluding carboxylic acids is 3. The molecule has 6 nitrogen and oxygen atoms in total. The van der Waals surface area contributed by atoms with E-state index in [4.69, 9.17) is 14.2 Å². The van der Waals surface area contributed by atoms with Crippen molar-refractivity contribution in [3.63, 3.8) is 0 Å². The van der Waals surface area contributed by atoms with Gasteiger partial charge in [-0.15, -0.1) is 0 Å². The molecular weight excluding hydrogens is 937 g/mol. The third-order valence-corrected chi connectivity index (χ3v) is 14.8. The van der Waals surface area contributed by atoms with Crippen molar-refractivity contribution in [1.29, 1.82) is 0 Å². The van der Waals surface area contributed by atoms with E-state index in [-0.39, 0.29) is 31.1 Å². The van der Waals surface area contributed by atoms with Crippen molar-refractivity contribution < 1.29 is 28.6 Å². The average Bonchev–Trinajstić information content (AvgIpc) is 3.42. The number of ether oxygens (including phenoxy) is 3. The van der Waals surface area contributed by atoms with E-state index in [0.29, 0.717) is 19.3 Å². The van der Waals surface area contributed by atoms with E-state index in [2.05, 4.69) is 81.5 Å². The first-order valence-corrected chi connectivity index (χ1v) is 33.3. The molecule has 6 heteroatoms. The summed E-state index contributed by atoms with van der Waals surface area (Å²) < 4.78 is 16.8. The highest BCUT2D eigenvalue weighted by Crippen LogP contribution is 2.18. The highest BCUT2D eigenvalue weighted by atomic mass is 16.6. The molecular formula is C70H126O6. The summed E-state index contributed by atoms with van der Waals surface area (Å²) in [5.74, 6) is -0.866. The van der Waals surface area contributed by atoms with Crippen LogP contribution in [0.1, 0.15) is 348 Å². The van der Waals surface area contributed by atoms with Crippen LogP contribution in [-0.4, -0.2) is 37.2 Å². The van der Waals surface area contributed by atoms with E-state index in [0.717, 1.165) is 83.5 Å². The quantitative estimate of drug-likeness (QED) is 0.0261. The number of allylic oxidation sites excluding steroid dienone is 10. The fraction of sp³-hybridized carbons (Fsp3) is 0.814. The molecule has 0 saturated heterocycles. The van der Waals surface area contributed by atoms with Crippen molar-refractivity contribution in [3.05, 3.63) is 60.8 Å². The highest BCUT2D eigenvalue weighted by Gasteiger charge is 2.19. The van der Waals surface area contributed by atoms with E-state index >= 15 is 0 Å². The topological polar surface area (TPSA) is 78.9 Å². The standard InChI is InChI=1S/C70H126O6/c1-4-7-10-13-16-18-20-22-24-26-27-28-29-30-31-32-33-34-35-36-37-38-39-40-41-42-43-45-46-48-50-52-54-57-60-63-69(72)75-66-67(65-74-68(71)62-59-56-15-12-9-6-3)76-70(73)64-61-58-55-53-51-49-47-44-25-23-21-19-17-14-11-8-5-2/h7,10,16,18,22-25,27-28,67H,4-6,8-9,11-15,17,19-21,26,29-66H2,1-3H3/b10-7-,18-16-,24-22-,25-23-,28-27-. The van der Waals surface area contributed by atoms with E-state index in [9.17, 15) is 14.4 Å². The predicted octanol–water partition coefficient (Wildman–Crippen LogP) is 22.7. The lowest BCUT2D eigenvalue weighted by Gasteiger charge is -2.18. The van der Waals surface area contributed by atoms with Crippen LogP contribution in [0.15, 0.2) is 60.8 Å². The average molecular weight is 1060 g/mol. The Hall–Kier alpha value is -2.89. The maximum Gasteiger partial charge on any atom is 0.306 e. The summed E-state index contributed by atoms with van der Waals surface area (Å²) in [7, 11) is 0. The molecule has 442 valence electrons. The van der Waals surface area contributed by atoms with Gasteiger partial charge in [0.15, 0.2) is 6.10 Å². The number of hydrogen-bond donors (Lipinski definition) is 0. The number of unbranched alkanes of at least 4 members (excludes halogenated alkanes) is 40. The fourth-order valence-electron chi connectivity index (χ4n) is 9.79. The second-order valence-electron chi connectivity index (χ2n) is 22.4. The summed E-state index contributed by atoms with van der Waals surface area (Å²) in [6.07, 6.45) is 82.9. The van der Waals surface area contributed by atoms with Crippen LogP contribution in [-0.2, 0) is 28.6 Å². The number of rotatable bonds is 61. The molecule has 0 aromatic rings. The maximum atomic E-state index is 12.8. The van der Waals surface area contributed by atoms with Crippen LogP contribution in [0.3, 0.4) is 0 Å². The molecule has 0 N–H and O–H groups in total. The van der Waals surface area contributed by atoms with Gasteiger partial charge in [0.2, 0.25) is 0 Å². The van der Waals surface area contributed by atoms with E-state index in [1.165, 1.54) is 225 Å². The van der Waals surface area contributed by atoms with E-state index in [1.807, 2.05) is 0 Å². The molecule has 1 atom stereocenters. The first-order valence-electron chi connectivity index (χ1n) is 33.3. The van der Waals surface area contributed by atoms with Gasteiger partial charge in [0, 0.05) is 19.3 Å². The minimum atomic E-state index is -0.770. The van der Waals surface area contributed by atoms with Crippen molar-refractivity contribution in [2.45, 2.75) is 354 Å². The van der Waals surface area contributed by atoms with E-state index < -0.39 is 6.10 Å². The molecule has 0 spiro atoms. The van der Waals surface area contributed by atoms with E-state index in [1.54, 1.807) is 0 Å². The molecule has 0 amide bonds. The summed E-state index contributed by atoms with van der Waals surface area (Å²) >= 11 is 0. The molecule has 0 heterocycles. The van der Waals surface area contributed by atoms with Gasteiger partial charge in [0.25, 0.3) is 0 Å². The van der Waals surface area contributed by atoms with Crippen molar-refractivity contribution in [3.8, 4) is 0 Å². The Bertz CT molecular complexity index is 1360. The van der Waals surface area contributed by atoms with Crippen LogP contribution in [0.5, 0.6) is 0 Å². The molecule has 0 rings (SSSR count). The molecule has 0 saturated carbocycles. The van der Waals surface area contributed by atoms with Gasteiger partial charge in [-0.25, -0.2) is 0 Å². The normalized spacial score (nSPS) is 12.4. The summed E-state index contributed by atoms with van der Waals surface area (Å²) in [5, 5.41) is 0. The minimum Gasteiger partial charge on any atom is -0.462 e. The molecule has 0 aliphatic rings. The molecule has 1 unspecified atom stereocenters. The Kier molecular flexibility index (Phi) is 62.2. The Balaban J connectivity index is 3.91. The molecule has 0 aliphatic carbocycles. The lowest BCUT2D eigenvalue weighted by Crippen LogP contribution is -2.30. The lowest BCUT2D eigenvalue weighted by molar-refractivity contribution is -0.167. The summed E-state index contributed by atoms with van der Waals surface area (Å²) in [5.41, 5.74) is 0. The third-order valence-electron chi connectivity index (χ3n) is 14.8. The predicted molar refractivity (Wildman–Crippen MR) is 330 cm³/mol. The highest BCUT2D eigenvalue weighted by molar-refractivity contribution is 5.71. The van der Waals surface area contributed by atoms with Crippen LogP contribution in [0.25, 0.3) is 0 Å². The Morgan fingerprint density at radius 3 is 0.816 bits per heavy atom. The van der Waals surface area contributed by atoms with Gasteiger partial charge in [-0.05, 0) is 83.5 Å². The second-order valence-corrected chi connectivity index (χ2v) is 22.4. The van der Waals surface area contributed by atoms with Gasteiger partial charge >= 0.3 is 17.9 Å². The minimum absolute atomic E-state index is 0.0705. The fourth-order valence-corrected chi connectivity index (χ4v) is 9.79. The van der Waals surface area contributed by atoms with Crippen molar-refractivity contribution >= 4 is 17.9 Å². The van der Waals surface area contributed by atoms with Crippen molar-refractivity contribution in [1.82, 2.24) is 0 Å². The largest absolute Gasteiger partial charge is 0.462 e. The van der Waals surface area contributed by atoms with Crippen molar-refractivity contribution in [2.75, 3.05) is 13.2 Å². The summed E-state index contributed by atoms with van der Waals surface area (Å²) in [6, 6.07) is 0. The smallest absolute Gasteiger partial charge is 0.306 e. The van der Waals surface area contributed by atoms with Crippen LogP contribution < -0.4 is 0 Å². The van der Waals surface area contributed by atoms with Crippen LogP contribution in [0.2, 0.25) is 0 Å². The van der Waals surface area contributed by atoms with Gasteiger partial charge in [0.1, 0.15) is 13.2 Å². The van der Waals surface area contributed by atoms with Gasteiger partial charge in [-0.1, -0.05) is 306 Å². The molecule has 0 fully saturated rings. The van der Waals surface area contributed by atoms with Crippen LogP contribution in [0.4, 0.5) is 0 Å². The summed E-state index contributed by atoms with van der Waals surface area (Å²) in [6.45, 7) is 6.50. The van der Waals surface area contributed by atoms with Crippen molar-refractivity contribution in [2.24, 2.45) is 0 Å². The number of esters is 3. The molecule has 76 heavy (non-hydrogen) atoms. The zero-order valence-corrected chi connectivity index (χ0v) is 50.8. The Labute approximate surface area is 472 Å². The van der Waals surface area contributed by atoms with Crippen LogP contribution in [0, 0.1) is 0 Å². The number of hydrogen-bond acceptors (Lipinski definition) is 6. The maximum absolute atomic E-state index is 12.8. The number of carbonyl (C=O) groups is 3. The molecule has 0 bridgehead atoms. The van der Waals surface area contributed by atoms with Gasteiger partial charge < -0.3 is 14.2 Å². The summed E-state index contributed by atoms with van der Waals surface area (Å²) in [4.78, 5) is 38.0. The molecule has 0 aromatic heterocycles. The lowest BCUT2D eigenvalue weighted by atomic mass is 10.0.